The summed E-state index contributed by atoms with van der Waals surface area (Å²) in [6.07, 6.45) is 1.20. The summed E-state index contributed by atoms with van der Waals surface area (Å²) in [5, 5.41) is 2.57. The Morgan fingerprint density at radius 2 is 1.81 bits per heavy atom. The molecule has 0 bridgehead atoms. The van der Waals surface area contributed by atoms with Crippen LogP contribution in [0.3, 0.4) is 0 Å². The number of hydrogen-bond donors (Lipinski definition) is 1. The van der Waals surface area contributed by atoms with Crippen LogP contribution in [0, 0.1) is 5.92 Å². The third kappa shape index (κ3) is 9.25. The first-order valence-electron chi connectivity index (χ1n) is 5.84. The molecule has 2 nitrogen and oxygen atoms in total. The van der Waals surface area contributed by atoms with E-state index >= 15 is 0 Å². The van der Waals surface area contributed by atoms with E-state index in [-0.39, 0.29) is 5.91 Å². The highest BCUT2D eigenvalue weighted by Crippen LogP contribution is 2.05. The quantitative estimate of drug-likeness (QED) is 0.835. The molecule has 2 heteroatoms. The van der Waals surface area contributed by atoms with E-state index in [2.05, 4.69) is 49.5 Å². The van der Waals surface area contributed by atoms with Gasteiger partial charge in [0.15, 0.2) is 0 Å². The van der Waals surface area contributed by atoms with Gasteiger partial charge in [-0.1, -0.05) is 44.2 Å². The van der Waals surface area contributed by atoms with E-state index in [1.54, 1.807) is 0 Å². The summed E-state index contributed by atoms with van der Waals surface area (Å²) >= 11 is 0. The van der Waals surface area contributed by atoms with Crippen LogP contribution < -0.4 is 5.32 Å². The monoisotopic (exact) mass is 221 g/mol. The van der Waals surface area contributed by atoms with Crippen molar-refractivity contribution in [3.8, 4) is 0 Å². The zero-order valence-electron chi connectivity index (χ0n) is 10.8. The third-order valence-corrected chi connectivity index (χ3v) is 1.91. The fourth-order valence-corrected chi connectivity index (χ4v) is 1.33. The number of hydrogen-bond acceptors (Lipinski definition) is 1. The molecule has 0 aliphatic carbocycles. The maximum atomic E-state index is 9.93. The fourth-order valence-electron chi connectivity index (χ4n) is 1.33. The van der Waals surface area contributed by atoms with Gasteiger partial charge in [-0.15, -0.1) is 0 Å². The summed E-state index contributed by atoms with van der Waals surface area (Å²) in [5.41, 5.74) is 1.44. The van der Waals surface area contributed by atoms with Crippen molar-refractivity contribution in [3.63, 3.8) is 0 Å². The van der Waals surface area contributed by atoms with E-state index in [1.165, 1.54) is 18.9 Å². The SMILES string of the molecule is CC(C)Cc1ccccc1.CCNC(C)=O. The van der Waals surface area contributed by atoms with Crippen molar-refractivity contribution in [2.75, 3.05) is 6.54 Å². The molecule has 0 aliphatic rings. The molecule has 0 saturated heterocycles. The molecular weight excluding hydrogens is 198 g/mol. The number of carbonyl (C=O) groups excluding carboxylic acids is 1. The van der Waals surface area contributed by atoms with Crippen molar-refractivity contribution in [1.82, 2.24) is 5.32 Å². The lowest BCUT2D eigenvalue weighted by molar-refractivity contribution is -0.118. The molecule has 1 amide bonds. The Bertz CT molecular complexity index is 280. The molecule has 1 aromatic carbocycles. The molecule has 0 radical (unpaired) electrons. The minimum Gasteiger partial charge on any atom is -0.357 e. The molecule has 0 aliphatic heterocycles. The number of nitrogens with one attached hydrogen (secondary N) is 1. The lowest BCUT2D eigenvalue weighted by Gasteiger charge is -2.02. The Labute approximate surface area is 99.1 Å². The number of carbonyl (C=O) groups is 1. The lowest BCUT2D eigenvalue weighted by atomic mass is 10.0. The molecule has 0 atom stereocenters. The van der Waals surface area contributed by atoms with Gasteiger partial charge in [-0.3, -0.25) is 4.79 Å². The Kier molecular flexibility index (Phi) is 8.22. The summed E-state index contributed by atoms with van der Waals surface area (Å²) in [5.74, 6) is 0.805. The smallest absolute Gasteiger partial charge is 0.216 e. The van der Waals surface area contributed by atoms with Crippen LogP contribution in [0.25, 0.3) is 0 Å². The largest absolute Gasteiger partial charge is 0.357 e. The topological polar surface area (TPSA) is 29.1 Å². The van der Waals surface area contributed by atoms with Crippen LogP contribution in [0.15, 0.2) is 30.3 Å². The van der Waals surface area contributed by atoms with Crippen LogP contribution in [0.1, 0.15) is 33.3 Å². The van der Waals surface area contributed by atoms with Crippen LogP contribution in [-0.4, -0.2) is 12.5 Å². The van der Waals surface area contributed by atoms with E-state index in [0.29, 0.717) is 0 Å². The number of benzene rings is 1. The Morgan fingerprint density at radius 1 is 1.25 bits per heavy atom. The van der Waals surface area contributed by atoms with Crippen LogP contribution in [-0.2, 0) is 11.2 Å². The summed E-state index contributed by atoms with van der Waals surface area (Å²) in [6, 6.07) is 10.6. The van der Waals surface area contributed by atoms with E-state index in [4.69, 9.17) is 0 Å². The molecule has 1 N–H and O–H groups in total. The van der Waals surface area contributed by atoms with Gasteiger partial charge in [0.25, 0.3) is 0 Å². The van der Waals surface area contributed by atoms with Crippen molar-refractivity contribution >= 4 is 5.91 Å². The van der Waals surface area contributed by atoms with Gasteiger partial charge >= 0.3 is 0 Å². The average Bonchev–Trinajstić information content (AvgIpc) is 2.18. The number of rotatable bonds is 3. The first-order chi connectivity index (χ1) is 7.56. The molecule has 0 spiro atoms. The van der Waals surface area contributed by atoms with Crippen LogP contribution in [0.4, 0.5) is 0 Å². The Balaban J connectivity index is 0.000000325. The molecule has 90 valence electrons. The Hall–Kier alpha value is -1.31. The van der Waals surface area contributed by atoms with Gasteiger partial charge in [0, 0.05) is 13.5 Å². The second kappa shape index (κ2) is 8.96. The van der Waals surface area contributed by atoms with Crippen molar-refractivity contribution < 1.29 is 4.79 Å². The average molecular weight is 221 g/mol. The van der Waals surface area contributed by atoms with Crippen LogP contribution in [0.2, 0.25) is 0 Å². The predicted octanol–water partition coefficient (Wildman–Crippen LogP) is 3.03. The van der Waals surface area contributed by atoms with Gasteiger partial charge in [0.1, 0.15) is 0 Å². The zero-order chi connectivity index (χ0) is 12.4. The van der Waals surface area contributed by atoms with Gasteiger partial charge in [-0.25, -0.2) is 0 Å². The van der Waals surface area contributed by atoms with Gasteiger partial charge in [-0.05, 0) is 24.8 Å². The Morgan fingerprint density at radius 3 is 2.12 bits per heavy atom. The van der Waals surface area contributed by atoms with Crippen molar-refractivity contribution in [2.24, 2.45) is 5.92 Å². The van der Waals surface area contributed by atoms with Gasteiger partial charge in [-0.2, -0.15) is 0 Å². The zero-order valence-corrected chi connectivity index (χ0v) is 10.8. The molecule has 0 saturated carbocycles. The maximum Gasteiger partial charge on any atom is 0.216 e. The minimum atomic E-state index is 0.0394. The van der Waals surface area contributed by atoms with Crippen molar-refractivity contribution in [1.29, 1.82) is 0 Å². The van der Waals surface area contributed by atoms with Crippen molar-refractivity contribution in [2.45, 2.75) is 34.1 Å². The molecule has 1 rings (SSSR count). The van der Waals surface area contributed by atoms with E-state index in [1.807, 2.05) is 6.92 Å². The van der Waals surface area contributed by atoms with E-state index in [9.17, 15) is 4.79 Å². The third-order valence-electron chi connectivity index (χ3n) is 1.91. The van der Waals surface area contributed by atoms with Crippen LogP contribution >= 0.6 is 0 Å². The highest BCUT2D eigenvalue weighted by molar-refractivity contribution is 5.72. The van der Waals surface area contributed by atoms with Crippen LogP contribution in [0.5, 0.6) is 0 Å². The molecule has 0 unspecified atom stereocenters. The standard InChI is InChI=1S/C10H14.C4H9NO/c1-9(2)8-10-6-4-3-5-7-10;1-3-5-4(2)6/h3-7,9H,8H2,1-2H3;3H2,1-2H3,(H,5,6). The second-order valence-corrected chi connectivity index (χ2v) is 4.17. The van der Waals surface area contributed by atoms with Gasteiger partial charge < -0.3 is 5.32 Å². The van der Waals surface area contributed by atoms with E-state index in [0.717, 1.165) is 12.5 Å². The summed E-state index contributed by atoms with van der Waals surface area (Å²) in [4.78, 5) is 9.93. The summed E-state index contributed by atoms with van der Waals surface area (Å²) in [6.45, 7) is 8.61. The second-order valence-electron chi connectivity index (χ2n) is 4.17. The first-order valence-corrected chi connectivity index (χ1v) is 5.84. The highest BCUT2D eigenvalue weighted by atomic mass is 16.1. The number of amides is 1. The van der Waals surface area contributed by atoms with Gasteiger partial charge in [0.2, 0.25) is 5.91 Å². The molecular formula is C14H23NO. The summed E-state index contributed by atoms with van der Waals surface area (Å²) < 4.78 is 0. The van der Waals surface area contributed by atoms with Crippen molar-refractivity contribution in [3.05, 3.63) is 35.9 Å². The van der Waals surface area contributed by atoms with Gasteiger partial charge in [0.05, 0.1) is 0 Å². The summed E-state index contributed by atoms with van der Waals surface area (Å²) in [7, 11) is 0. The molecule has 0 fully saturated rings. The maximum absolute atomic E-state index is 9.93. The lowest BCUT2D eigenvalue weighted by Crippen LogP contribution is -2.18. The molecule has 16 heavy (non-hydrogen) atoms. The van der Waals surface area contributed by atoms with E-state index < -0.39 is 0 Å². The molecule has 0 heterocycles. The fraction of sp³-hybridized carbons (Fsp3) is 0.500. The predicted molar refractivity (Wildman–Crippen MR) is 69.3 cm³/mol. The molecule has 0 aromatic heterocycles. The minimum absolute atomic E-state index is 0.0394. The first kappa shape index (κ1) is 14.7. The molecule has 1 aromatic rings. The normalized spacial score (nSPS) is 9.31. The highest BCUT2D eigenvalue weighted by Gasteiger charge is 1.94.